The summed E-state index contributed by atoms with van der Waals surface area (Å²) in [7, 11) is 3.23. The third-order valence-electron chi connectivity index (χ3n) is 3.88. The number of ether oxygens (including phenoxy) is 2. The molecule has 1 aromatic heterocycles. The first-order valence-corrected chi connectivity index (χ1v) is 8.85. The largest absolute Gasteiger partial charge is 0.493 e. The van der Waals surface area contributed by atoms with E-state index in [1.165, 1.54) is 11.3 Å². The molecule has 2 aromatic rings. The molecule has 0 aliphatic carbocycles. The molecule has 0 amide bonds. The maximum Gasteiger partial charge on any atom is 0.162 e. The fourth-order valence-electron chi connectivity index (χ4n) is 2.56. The van der Waals surface area contributed by atoms with E-state index in [0.29, 0.717) is 16.7 Å². The summed E-state index contributed by atoms with van der Waals surface area (Å²) in [5.41, 5.74) is 4.30. The Morgan fingerprint density at radius 1 is 1.25 bits per heavy atom. The number of hydrogen-bond acceptors (Lipinski definition) is 6. The van der Waals surface area contributed by atoms with Crippen LogP contribution in [0.3, 0.4) is 0 Å². The van der Waals surface area contributed by atoms with Crippen LogP contribution in [-0.2, 0) is 0 Å². The number of thiazole rings is 1. The van der Waals surface area contributed by atoms with E-state index in [-0.39, 0.29) is 5.92 Å². The average Bonchev–Trinajstić information content (AvgIpc) is 3.03. The minimum absolute atomic E-state index is 0.225. The summed E-state index contributed by atoms with van der Waals surface area (Å²) >= 11 is 7.66. The Hall–Kier alpha value is -1.92. The predicted molar refractivity (Wildman–Crippen MR) is 99.2 cm³/mol. The van der Waals surface area contributed by atoms with Crippen LogP contribution in [0.5, 0.6) is 11.5 Å². The van der Waals surface area contributed by atoms with E-state index >= 15 is 0 Å². The molecule has 1 unspecified atom stereocenters. The minimum atomic E-state index is 0.225. The molecule has 0 fully saturated rings. The minimum Gasteiger partial charge on any atom is -0.493 e. The molecule has 2 heterocycles. The maximum atomic E-state index is 6.18. The summed E-state index contributed by atoms with van der Waals surface area (Å²) < 4.78 is 10.6. The number of hydrogen-bond donors (Lipinski definition) is 0. The first kappa shape index (κ1) is 16.9. The van der Waals surface area contributed by atoms with Crippen LogP contribution in [0.4, 0.5) is 10.7 Å². The molecule has 0 spiro atoms. The molecular weight excluding hydrogens is 346 g/mol. The highest BCUT2D eigenvalue weighted by Gasteiger charge is 2.22. The normalized spacial score (nSPS) is 19.2. The van der Waals surface area contributed by atoms with Crippen LogP contribution in [0.2, 0.25) is 0 Å². The van der Waals surface area contributed by atoms with Crippen molar-refractivity contribution in [3.63, 3.8) is 0 Å². The summed E-state index contributed by atoms with van der Waals surface area (Å²) in [5.74, 6) is 1.55. The third-order valence-corrected chi connectivity index (χ3v) is 4.87. The van der Waals surface area contributed by atoms with Crippen molar-refractivity contribution in [2.75, 3.05) is 14.2 Å². The molecule has 0 radical (unpaired) electrons. The fraction of sp³-hybridized carbons (Fsp3) is 0.353. The predicted octanol–water partition coefficient (Wildman–Crippen LogP) is 4.98. The van der Waals surface area contributed by atoms with Gasteiger partial charge in [-0.05, 0) is 18.6 Å². The molecule has 7 heteroatoms. The molecular formula is C17H18ClN3O2S. The zero-order chi connectivity index (χ0) is 17.1. The Bertz CT molecular complexity index is 801. The van der Waals surface area contributed by atoms with Gasteiger partial charge in [0, 0.05) is 18.4 Å². The highest BCUT2D eigenvalue weighted by Crippen LogP contribution is 2.35. The van der Waals surface area contributed by atoms with Crippen LogP contribution in [0, 0.1) is 5.92 Å². The van der Waals surface area contributed by atoms with Crippen LogP contribution in [0.1, 0.15) is 25.5 Å². The lowest BCUT2D eigenvalue weighted by Crippen LogP contribution is -2.16. The van der Waals surface area contributed by atoms with Crippen molar-refractivity contribution in [1.29, 1.82) is 0 Å². The number of nitrogens with zero attached hydrogens (tertiary/aromatic N) is 3. The van der Waals surface area contributed by atoms with E-state index in [1.54, 1.807) is 19.7 Å². The van der Waals surface area contributed by atoms with Crippen LogP contribution in [0.25, 0.3) is 0 Å². The smallest absolute Gasteiger partial charge is 0.162 e. The van der Waals surface area contributed by atoms with Gasteiger partial charge in [0.1, 0.15) is 15.9 Å². The second-order valence-electron chi connectivity index (χ2n) is 5.47. The van der Waals surface area contributed by atoms with Crippen LogP contribution < -0.4 is 9.47 Å². The topological polar surface area (TPSA) is 56.1 Å². The second kappa shape index (κ2) is 7.32. The number of benzene rings is 1. The van der Waals surface area contributed by atoms with E-state index in [0.717, 1.165) is 34.9 Å². The molecule has 5 nitrogen and oxygen atoms in total. The lowest BCUT2D eigenvalue weighted by Gasteiger charge is -2.16. The molecule has 0 saturated carbocycles. The van der Waals surface area contributed by atoms with E-state index in [4.69, 9.17) is 26.1 Å². The molecule has 1 aromatic carbocycles. The van der Waals surface area contributed by atoms with Gasteiger partial charge in [-0.15, -0.1) is 11.3 Å². The Morgan fingerprint density at radius 2 is 2.04 bits per heavy atom. The van der Waals surface area contributed by atoms with Gasteiger partial charge in [0.2, 0.25) is 0 Å². The summed E-state index contributed by atoms with van der Waals surface area (Å²) in [6.45, 7) is 2.14. The quantitative estimate of drug-likeness (QED) is 0.772. The second-order valence-corrected chi connectivity index (χ2v) is 6.74. The SMILES string of the molecule is COc1ccc(N=C2c3ncsc3N=C(Cl)CCC2C)cc1OC. The van der Waals surface area contributed by atoms with Crippen LogP contribution in [0.15, 0.2) is 33.7 Å². The zero-order valence-corrected chi connectivity index (χ0v) is 15.3. The highest BCUT2D eigenvalue weighted by molar-refractivity contribution is 7.14. The maximum absolute atomic E-state index is 6.18. The van der Waals surface area contributed by atoms with Gasteiger partial charge in [0.25, 0.3) is 0 Å². The Morgan fingerprint density at radius 3 is 2.79 bits per heavy atom. The number of rotatable bonds is 3. The molecule has 24 heavy (non-hydrogen) atoms. The molecule has 1 aliphatic heterocycles. The highest BCUT2D eigenvalue weighted by atomic mass is 35.5. The average molecular weight is 364 g/mol. The van der Waals surface area contributed by atoms with Gasteiger partial charge in [-0.25, -0.2) is 9.98 Å². The number of aromatic nitrogens is 1. The molecule has 0 saturated heterocycles. The fourth-order valence-corrected chi connectivity index (χ4v) is 3.50. The van der Waals surface area contributed by atoms with Gasteiger partial charge in [0.05, 0.1) is 31.1 Å². The number of aliphatic imine (C=N–C) groups is 2. The Balaban J connectivity index is 2.07. The third kappa shape index (κ3) is 3.44. The molecule has 1 aliphatic rings. The lowest BCUT2D eigenvalue weighted by molar-refractivity contribution is 0.355. The van der Waals surface area contributed by atoms with Crippen LogP contribution in [-0.4, -0.2) is 30.1 Å². The molecule has 0 bridgehead atoms. The molecule has 126 valence electrons. The van der Waals surface area contributed by atoms with Gasteiger partial charge < -0.3 is 9.47 Å². The van der Waals surface area contributed by atoms with Crippen molar-refractivity contribution in [2.24, 2.45) is 15.9 Å². The van der Waals surface area contributed by atoms with Gasteiger partial charge in [0.15, 0.2) is 11.5 Å². The van der Waals surface area contributed by atoms with Crippen molar-refractivity contribution in [3.05, 3.63) is 29.4 Å². The zero-order valence-electron chi connectivity index (χ0n) is 13.7. The molecule has 0 N–H and O–H groups in total. The standard InChI is InChI=1S/C17H18ClN3O2S/c1-10-4-7-14(18)21-17-16(19-9-24-17)15(10)20-11-5-6-12(22-2)13(8-11)23-3/h5-6,8-10H,4,7H2,1-3H3. The van der Waals surface area contributed by atoms with Crippen molar-refractivity contribution in [3.8, 4) is 11.5 Å². The Kier molecular flexibility index (Phi) is 5.16. The lowest BCUT2D eigenvalue weighted by atomic mass is 9.96. The first-order chi connectivity index (χ1) is 11.6. The molecule has 3 rings (SSSR count). The van der Waals surface area contributed by atoms with E-state index in [9.17, 15) is 0 Å². The number of fused-ring (bicyclic) bond motifs is 1. The number of methoxy groups -OCH3 is 2. The van der Waals surface area contributed by atoms with E-state index in [1.807, 2.05) is 18.2 Å². The van der Waals surface area contributed by atoms with Gasteiger partial charge in [-0.2, -0.15) is 0 Å². The van der Waals surface area contributed by atoms with Gasteiger partial charge in [-0.3, -0.25) is 4.99 Å². The summed E-state index contributed by atoms with van der Waals surface area (Å²) in [6, 6.07) is 5.62. The van der Waals surface area contributed by atoms with Crippen molar-refractivity contribution >= 4 is 44.5 Å². The first-order valence-electron chi connectivity index (χ1n) is 7.60. The summed E-state index contributed by atoms with van der Waals surface area (Å²) in [5, 5.41) is 1.43. The van der Waals surface area contributed by atoms with Gasteiger partial charge >= 0.3 is 0 Å². The van der Waals surface area contributed by atoms with Crippen molar-refractivity contribution in [1.82, 2.24) is 4.98 Å². The van der Waals surface area contributed by atoms with E-state index in [2.05, 4.69) is 16.9 Å². The monoisotopic (exact) mass is 363 g/mol. The number of halogens is 1. The van der Waals surface area contributed by atoms with Gasteiger partial charge in [-0.1, -0.05) is 18.5 Å². The van der Waals surface area contributed by atoms with Crippen molar-refractivity contribution < 1.29 is 9.47 Å². The summed E-state index contributed by atoms with van der Waals surface area (Å²) in [6.07, 6.45) is 1.62. The molecule has 1 atom stereocenters. The van der Waals surface area contributed by atoms with Crippen LogP contribution >= 0.6 is 22.9 Å². The summed E-state index contributed by atoms with van der Waals surface area (Å²) in [4.78, 5) is 13.8. The Labute approximate surface area is 150 Å². The van der Waals surface area contributed by atoms with Crippen molar-refractivity contribution in [2.45, 2.75) is 19.8 Å². The van der Waals surface area contributed by atoms with E-state index < -0.39 is 0 Å².